The molecule has 1 fully saturated rings. The molecule has 0 bridgehead atoms. The number of hydrogen-bond donors (Lipinski definition) is 3. The van der Waals surface area contributed by atoms with E-state index >= 15 is 0 Å². The topological polar surface area (TPSA) is 108 Å². The predicted octanol–water partition coefficient (Wildman–Crippen LogP) is 2.40. The Balaban J connectivity index is 1.53. The number of carbonyl (C=O) groups excluding carboxylic acids is 3. The number of likely N-dealkylation sites (tertiary alicyclic amines) is 1. The minimum absolute atomic E-state index is 0.0451. The average Bonchev–Trinajstić information content (AvgIpc) is 3.26. The monoisotopic (exact) mass is 376 g/mol. The number of amides is 3. The standard InChI is InChI=1S/C21H20N4O3/c22-20(27)13-4-3-5-15(10-13)24-21(28)18-8-9-19(26)25(18)12-14-11-23-17-7-2-1-6-16(14)17/h1-7,10-11,18,23H,8-9,12H2,(H2,22,27)(H,24,28). The molecular weight excluding hydrogens is 356 g/mol. The molecule has 1 saturated heterocycles. The third-order valence-electron chi connectivity index (χ3n) is 5.06. The van der Waals surface area contributed by atoms with Crippen LogP contribution in [-0.2, 0) is 16.1 Å². The summed E-state index contributed by atoms with van der Waals surface area (Å²) in [5.74, 6) is -0.878. The van der Waals surface area contributed by atoms with Crippen LogP contribution >= 0.6 is 0 Å². The Morgan fingerprint density at radius 1 is 1.18 bits per heavy atom. The van der Waals surface area contributed by atoms with Gasteiger partial charge in [0, 0.05) is 41.3 Å². The number of nitrogens with one attached hydrogen (secondary N) is 2. The fraction of sp³-hybridized carbons (Fsp3) is 0.190. The summed E-state index contributed by atoms with van der Waals surface area (Å²) in [5.41, 5.74) is 8.05. The highest BCUT2D eigenvalue weighted by Crippen LogP contribution is 2.26. The first kappa shape index (κ1) is 17.8. The molecule has 7 nitrogen and oxygen atoms in total. The number of H-pyrrole nitrogens is 1. The Labute approximate surface area is 161 Å². The van der Waals surface area contributed by atoms with Crippen molar-refractivity contribution in [2.45, 2.75) is 25.4 Å². The second kappa shape index (κ2) is 7.19. The van der Waals surface area contributed by atoms with Crippen molar-refractivity contribution in [1.82, 2.24) is 9.88 Å². The summed E-state index contributed by atoms with van der Waals surface area (Å²) >= 11 is 0. The lowest BCUT2D eigenvalue weighted by Crippen LogP contribution is -2.41. The van der Waals surface area contributed by atoms with E-state index in [1.54, 1.807) is 23.1 Å². The number of nitrogens with zero attached hydrogens (tertiary/aromatic N) is 1. The van der Waals surface area contributed by atoms with E-state index in [4.69, 9.17) is 5.73 Å². The molecule has 7 heteroatoms. The Hall–Kier alpha value is -3.61. The third-order valence-corrected chi connectivity index (χ3v) is 5.06. The van der Waals surface area contributed by atoms with Crippen LogP contribution in [0, 0.1) is 0 Å². The Kier molecular flexibility index (Phi) is 4.57. The first-order valence-electron chi connectivity index (χ1n) is 9.08. The van der Waals surface area contributed by atoms with Crippen LogP contribution in [0.4, 0.5) is 5.69 Å². The molecule has 0 radical (unpaired) electrons. The Bertz CT molecular complexity index is 1070. The summed E-state index contributed by atoms with van der Waals surface area (Å²) in [5, 5.41) is 3.84. The molecule has 1 aliphatic rings. The highest BCUT2D eigenvalue weighted by atomic mass is 16.2. The van der Waals surface area contributed by atoms with Gasteiger partial charge >= 0.3 is 0 Å². The SMILES string of the molecule is NC(=O)c1cccc(NC(=O)C2CCC(=O)N2Cc2c[nH]c3ccccc23)c1. The minimum atomic E-state index is -0.562. The molecule has 3 aromatic rings. The maximum Gasteiger partial charge on any atom is 0.248 e. The summed E-state index contributed by atoms with van der Waals surface area (Å²) in [4.78, 5) is 41.4. The van der Waals surface area contributed by atoms with Crippen molar-refractivity contribution < 1.29 is 14.4 Å². The maximum absolute atomic E-state index is 12.8. The van der Waals surface area contributed by atoms with Gasteiger partial charge in [-0.3, -0.25) is 14.4 Å². The van der Waals surface area contributed by atoms with Gasteiger partial charge in [0.15, 0.2) is 0 Å². The summed E-state index contributed by atoms with van der Waals surface area (Å²) < 4.78 is 0. The van der Waals surface area contributed by atoms with E-state index in [-0.39, 0.29) is 11.8 Å². The van der Waals surface area contributed by atoms with E-state index in [0.717, 1.165) is 16.5 Å². The third kappa shape index (κ3) is 3.34. The van der Waals surface area contributed by atoms with E-state index in [1.807, 2.05) is 30.5 Å². The Morgan fingerprint density at radius 2 is 2.00 bits per heavy atom. The van der Waals surface area contributed by atoms with Gasteiger partial charge < -0.3 is 20.9 Å². The zero-order valence-corrected chi connectivity index (χ0v) is 15.1. The number of benzene rings is 2. The number of anilines is 1. The molecule has 28 heavy (non-hydrogen) atoms. The number of hydrogen-bond acceptors (Lipinski definition) is 3. The van der Waals surface area contributed by atoms with Crippen molar-refractivity contribution in [3.63, 3.8) is 0 Å². The molecule has 1 aromatic heterocycles. The van der Waals surface area contributed by atoms with Crippen LogP contribution < -0.4 is 11.1 Å². The van der Waals surface area contributed by atoms with E-state index in [0.29, 0.717) is 30.6 Å². The van der Waals surface area contributed by atoms with Crippen molar-refractivity contribution in [3.8, 4) is 0 Å². The number of rotatable bonds is 5. The van der Waals surface area contributed by atoms with Crippen LogP contribution in [0.15, 0.2) is 54.7 Å². The molecule has 1 aliphatic heterocycles. The van der Waals surface area contributed by atoms with E-state index in [9.17, 15) is 14.4 Å². The van der Waals surface area contributed by atoms with Gasteiger partial charge in [-0.05, 0) is 36.2 Å². The fourth-order valence-corrected chi connectivity index (χ4v) is 3.63. The van der Waals surface area contributed by atoms with Crippen LogP contribution in [-0.4, -0.2) is 33.6 Å². The lowest BCUT2D eigenvalue weighted by Gasteiger charge is -2.24. The van der Waals surface area contributed by atoms with E-state index in [2.05, 4.69) is 10.3 Å². The molecule has 0 saturated carbocycles. The molecule has 2 heterocycles. The molecule has 1 unspecified atom stereocenters. The predicted molar refractivity (Wildman–Crippen MR) is 105 cm³/mol. The molecule has 2 aromatic carbocycles. The molecule has 3 amide bonds. The highest BCUT2D eigenvalue weighted by Gasteiger charge is 2.36. The number of primary amides is 1. The van der Waals surface area contributed by atoms with Crippen LogP contribution in [0.5, 0.6) is 0 Å². The number of carbonyl (C=O) groups is 3. The lowest BCUT2D eigenvalue weighted by atomic mass is 10.1. The molecule has 142 valence electrons. The van der Waals surface area contributed by atoms with Crippen LogP contribution in [0.2, 0.25) is 0 Å². The van der Waals surface area contributed by atoms with E-state index in [1.165, 1.54) is 6.07 Å². The van der Waals surface area contributed by atoms with Crippen LogP contribution in [0.1, 0.15) is 28.8 Å². The van der Waals surface area contributed by atoms with Crippen molar-refractivity contribution in [2.24, 2.45) is 5.73 Å². The number of aromatic amines is 1. The van der Waals surface area contributed by atoms with Gasteiger partial charge in [0.05, 0.1) is 0 Å². The zero-order valence-electron chi connectivity index (χ0n) is 15.1. The molecule has 0 aliphatic carbocycles. The summed E-state index contributed by atoms with van der Waals surface area (Å²) in [6.45, 7) is 0.363. The first-order valence-corrected chi connectivity index (χ1v) is 9.08. The van der Waals surface area contributed by atoms with Gasteiger partial charge in [-0.25, -0.2) is 0 Å². The lowest BCUT2D eigenvalue weighted by molar-refractivity contribution is -0.133. The maximum atomic E-state index is 12.8. The minimum Gasteiger partial charge on any atom is -0.366 e. The number of para-hydroxylation sites is 1. The highest BCUT2D eigenvalue weighted by molar-refractivity contribution is 6.00. The fourth-order valence-electron chi connectivity index (χ4n) is 3.63. The number of aromatic nitrogens is 1. The molecule has 4 rings (SSSR count). The molecular formula is C21H20N4O3. The van der Waals surface area contributed by atoms with Gasteiger partial charge in [-0.1, -0.05) is 24.3 Å². The number of fused-ring (bicyclic) bond motifs is 1. The van der Waals surface area contributed by atoms with Crippen molar-refractivity contribution in [2.75, 3.05) is 5.32 Å². The summed E-state index contributed by atoms with van der Waals surface area (Å²) in [6, 6.07) is 13.7. The first-order chi connectivity index (χ1) is 13.5. The molecule has 1 atom stereocenters. The van der Waals surface area contributed by atoms with Gasteiger partial charge in [-0.2, -0.15) is 0 Å². The zero-order chi connectivity index (χ0) is 19.7. The largest absolute Gasteiger partial charge is 0.366 e. The van der Waals surface area contributed by atoms with Crippen molar-refractivity contribution in [3.05, 3.63) is 65.9 Å². The number of nitrogens with two attached hydrogens (primary N) is 1. The molecule has 0 spiro atoms. The van der Waals surface area contributed by atoms with E-state index < -0.39 is 11.9 Å². The van der Waals surface area contributed by atoms with Crippen LogP contribution in [0.3, 0.4) is 0 Å². The normalized spacial score (nSPS) is 16.5. The summed E-state index contributed by atoms with van der Waals surface area (Å²) in [7, 11) is 0. The summed E-state index contributed by atoms with van der Waals surface area (Å²) in [6.07, 6.45) is 2.67. The smallest absolute Gasteiger partial charge is 0.248 e. The van der Waals surface area contributed by atoms with Gasteiger partial charge in [0.2, 0.25) is 17.7 Å². The van der Waals surface area contributed by atoms with Crippen molar-refractivity contribution >= 4 is 34.3 Å². The average molecular weight is 376 g/mol. The van der Waals surface area contributed by atoms with Gasteiger partial charge in [0.25, 0.3) is 0 Å². The quantitative estimate of drug-likeness (QED) is 0.636. The van der Waals surface area contributed by atoms with Crippen molar-refractivity contribution in [1.29, 1.82) is 0 Å². The van der Waals surface area contributed by atoms with Gasteiger partial charge in [0.1, 0.15) is 6.04 Å². The van der Waals surface area contributed by atoms with Gasteiger partial charge in [-0.15, -0.1) is 0 Å². The Morgan fingerprint density at radius 3 is 2.82 bits per heavy atom. The van der Waals surface area contributed by atoms with Crippen LogP contribution in [0.25, 0.3) is 10.9 Å². The second-order valence-electron chi connectivity index (χ2n) is 6.87. The molecule has 4 N–H and O–H groups in total. The second-order valence-corrected chi connectivity index (χ2v) is 6.87.